The van der Waals surface area contributed by atoms with Crippen molar-refractivity contribution in [1.29, 1.82) is 0 Å². The lowest BCUT2D eigenvalue weighted by Gasteiger charge is -2.43. The fraction of sp³-hybridized carbons (Fsp3) is 0.600. The molecule has 1 saturated heterocycles. The Morgan fingerprint density at radius 3 is 2.53 bits per heavy atom. The van der Waals surface area contributed by atoms with Gasteiger partial charge in [-0.25, -0.2) is 4.79 Å². The highest BCUT2D eigenvalue weighted by Crippen LogP contribution is 2.39. The SMILES string of the molecule is CC(C)(C)OC(=O)N1CCC(NCc2ccc3c(c2)NC(=O)CS3)(C(F)(F)F)CC1. The number of likely N-dealkylation sites (tertiary alicyclic amines) is 1. The molecule has 2 heterocycles. The molecule has 2 aliphatic rings. The van der Waals surface area contributed by atoms with E-state index < -0.39 is 23.4 Å². The second kappa shape index (κ2) is 8.30. The van der Waals surface area contributed by atoms with Crippen LogP contribution >= 0.6 is 11.8 Å². The molecule has 10 heteroatoms. The number of benzene rings is 1. The Balaban J connectivity index is 1.67. The van der Waals surface area contributed by atoms with Crippen molar-refractivity contribution >= 4 is 29.4 Å². The standard InChI is InChI=1S/C20H26F3N3O3S/c1-18(2,3)29-17(28)26-8-6-19(7-9-26,20(21,22)23)24-11-13-4-5-15-14(10-13)25-16(27)12-30-15/h4-5,10,24H,6-9,11-12H2,1-3H3,(H,25,27). The number of nitrogens with zero attached hydrogens (tertiary/aromatic N) is 1. The van der Waals surface area contributed by atoms with Gasteiger partial charge in [-0.05, 0) is 51.3 Å². The largest absolute Gasteiger partial charge is 0.444 e. The third kappa shape index (κ3) is 5.21. The maximum atomic E-state index is 14.0. The summed E-state index contributed by atoms with van der Waals surface area (Å²) in [4.78, 5) is 26.0. The Labute approximate surface area is 177 Å². The summed E-state index contributed by atoms with van der Waals surface area (Å²) in [5, 5.41) is 5.44. The molecule has 0 aliphatic carbocycles. The van der Waals surface area contributed by atoms with Crippen LogP contribution < -0.4 is 10.6 Å². The van der Waals surface area contributed by atoms with Crippen molar-refractivity contribution in [2.24, 2.45) is 0 Å². The van der Waals surface area contributed by atoms with Gasteiger partial charge in [-0.3, -0.25) is 10.1 Å². The van der Waals surface area contributed by atoms with E-state index in [-0.39, 0.29) is 38.4 Å². The number of rotatable bonds is 3. The first kappa shape index (κ1) is 22.7. The lowest BCUT2D eigenvalue weighted by atomic mass is 9.86. The zero-order valence-corrected chi connectivity index (χ0v) is 18.0. The predicted molar refractivity (Wildman–Crippen MR) is 108 cm³/mol. The van der Waals surface area contributed by atoms with Crippen molar-refractivity contribution in [3.63, 3.8) is 0 Å². The summed E-state index contributed by atoms with van der Waals surface area (Å²) in [6.07, 6.45) is -5.58. The lowest BCUT2D eigenvalue weighted by molar-refractivity contribution is -0.208. The Bertz CT molecular complexity index is 816. The molecule has 2 N–H and O–H groups in total. The highest BCUT2D eigenvalue weighted by Gasteiger charge is 2.55. The molecule has 1 aromatic carbocycles. The Kier molecular flexibility index (Phi) is 6.29. The van der Waals surface area contributed by atoms with Crippen LogP contribution in [-0.4, -0.2) is 53.1 Å². The number of hydrogen-bond acceptors (Lipinski definition) is 5. The molecule has 2 amide bonds. The van der Waals surface area contributed by atoms with E-state index in [4.69, 9.17) is 4.74 Å². The van der Waals surface area contributed by atoms with Crippen LogP contribution in [-0.2, 0) is 16.1 Å². The van der Waals surface area contributed by atoms with Crippen LogP contribution in [0.5, 0.6) is 0 Å². The highest BCUT2D eigenvalue weighted by molar-refractivity contribution is 8.00. The number of fused-ring (bicyclic) bond motifs is 1. The van der Waals surface area contributed by atoms with Gasteiger partial charge >= 0.3 is 12.3 Å². The van der Waals surface area contributed by atoms with Crippen molar-refractivity contribution in [1.82, 2.24) is 10.2 Å². The molecule has 1 fully saturated rings. The van der Waals surface area contributed by atoms with E-state index in [1.807, 2.05) is 6.07 Å². The van der Waals surface area contributed by atoms with Crippen LogP contribution in [0.1, 0.15) is 39.2 Å². The highest BCUT2D eigenvalue weighted by atomic mass is 32.2. The van der Waals surface area contributed by atoms with Gasteiger partial charge in [0, 0.05) is 24.5 Å². The van der Waals surface area contributed by atoms with Crippen LogP contribution in [0.25, 0.3) is 0 Å². The molecule has 0 unspecified atom stereocenters. The molecule has 0 bridgehead atoms. The van der Waals surface area contributed by atoms with E-state index in [0.29, 0.717) is 17.0 Å². The van der Waals surface area contributed by atoms with Gasteiger partial charge in [-0.15, -0.1) is 11.8 Å². The fourth-order valence-electron chi connectivity index (χ4n) is 3.47. The van der Waals surface area contributed by atoms with Crippen LogP contribution in [0.4, 0.5) is 23.7 Å². The normalized spacial score (nSPS) is 19.1. The minimum absolute atomic E-state index is 0.000233. The van der Waals surface area contributed by atoms with Crippen molar-refractivity contribution in [2.45, 2.75) is 62.4 Å². The number of piperidine rings is 1. The van der Waals surface area contributed by atoms with Gasteiger partial charge in [0.2, 0.25) is 5.91 Å². The van der Waals surface area contributed by atoms with E-state index in [0.717, 1.165) is 4.90 Å². The summed E-state index contributed by atoms with van der Waals surface area (Å²) in [6, 6.07) is 5.27. The summed E-state index contributed by atoms with van der Waals surface area (Å²) in [6.45, 7) is 5.07. The van der Waals surface area contributed by atoms with Crippen LogP contribution in [0.2, 0.25) is 0 Å². The number of carbonyl (C=O) groups is 2. The Morgan fingerprint density at radius 1 is 1.27 bits per heavy atom. The Hall–Kier alpha value is -1.94. The van der Waals surface area contributed by atoms with Gasteiger partial charge in [-0.2, -0.15) is 13.2 Å². The number of carbonyl (C=O) groups excluding carboxylic acids is 2. The fourth-order valence-corrected chi connectivity index (χ4v) is 4.26. The topological polar surface area (TPSA) is 70.7 Å². The molecule has 0 radical (unpaired) electrons. The molecule has 1 aromatic rings. The molecule has 3 rings (SSSR count). The van der Waals surface area contributed by atoms with Gasteiger partial charge in [0.05, 0.1) is 11.4 Å². The number of ether oxygens (including phenoxy) is 1. The number of nitrogens with one attached hydrogen (secondary N) is 2. The number of hydrogen-bond donors (Lipinski definition) is 2. The molecule has 0 atom stereocenters. The quantitative estimate of drug-likeness (QED) is 0.732. The predicted octanol–water partition coefficient (Wildman–Crippen LogP) is 4.15. The third-order valence-electron chi connectivity index (χ3n) is 5.12. The number of amides is 2. The Morgan fingerprint density at radius 2 is 1.93 bits per heavy atom. The summed E-state index contributed by atoms with van der Waals surface area (Å²) in [5.74, 6) is 0.203. The number of anilines is 1. The second-order valence-electron chi connectivity index (χ2n) is 8.57. The van der Waals surface area contributed by atoms with Crippen molar-refractivity contribution < 1.29 is 27.5 Å². The zero-order chi connectivity index (χ0) is 22.2. The minimum Gasteiger partial charge on any atom is -0.444 e. The first-order valence-corrected chi connectivity index (χ1v) is 10.7. The molecular formula is C20H26F3N3O3S. The molecule has 0 aromatic heterocycles. The van der Waals surface area contributed by atoms with Gasteiger partial charge in [0.1, 0.15) is 11.1 Å². The van der Waals surface area contributed by atoms with Crippen molar-refractivity contribution in [2.75, 3.05) is 24.2 Å². The number of thioether (sulfide) groups is 1. The van der Waals surface area contributed by atoms with Gasteiger partial charge in [-0.1, -0.05) is 6.07 Å². The summed E-state index contributed by atoms with van der Waals surface area (Å²) >= 11 is 1.40. The average molecular weight is 446 g/mol. The second-order valence-corrected chi connectivity index (χ2v) is 9.59. The average Bonchev–Trinajstić information content (AvgIpc) is 2.64. The van der Waals surface area contributed by atoms with Crippen LogP contribution in [0, 0.1) is 0 Å². The van der Waals surface area contributed by atoms with Crippen molar-refractivity contribution in [3.8, 4) is 0 Å². The number of alkyl halides is 3. The van der Waals surface area contributed by atoms with E-state index in [1.54, 1.807) is 32.9 Å². The molecule has 0 spiro atoms. The molecule has 6 nitrogen and oxygen atoms in total. The number of halogens is 3. The van der Waals surface area contributed by atoms with E-state index >= 15 is 0 Å². The van der Waals surface area contributed by atoms with E-state index in [2.05, 4.69) is 10.6 Å². The summed E-state index contributed by atoms with van der Waals surface area (Å²) < 4.78 is 47.2. The maximum absolute atomic E-state index is 14.0. The first-order chi connectivity index (χ1) is 13.9. The van der Waals surface area contributed by atoms with Gasteiger partial charge in [0.15, 0.2) is 0 Å². The van der Waals surface area contributed by atoms with Crippen molar-refractivity contribution in [3.05, 3.63) is 23.8 Å². The monoisotopic (exact) mass is 445 g/mol. The zero-order valence-electron chi connectivity index (χ0n) is 17.2. The molecule has 2 aliphatic heterocycles. The third-order valence-corrected chi connectivity index (χ3v) is 6.19. The molecular weight excluding hydrogens is 419 g/mol. The molecule has 166 valence electrons. The van der Waals surface area contributed by atoms with Crippen LogP contribution in [0.3, 0.4) is 0 Å². The maximum Gasteiger partial charge on any atom is 0.410 e. The van der Waals surface area contributed by atoms with Gasteiger partial charge < -0.3 is 15.0 Å². The lowest BCUT2D eigenvalue weighted by Crippen LogP contribution is -2.62. The molecule has 0 saturated carbocycles. The summed E-state index contributed by atoms with van der Waals surface area (Å²) in [7, 11) is 0. The minimum atomic E-state index is -4.47. The molecule has 30 heavy (non-hydrogen) atoms. The first-order valence-electron chi connectivity index (χ1n) is 9.74. The van der Waals surface area contributed by atoms with E-state index in [9.17, 15) is 22.8 Å². The van der Waals surface area contributed by atoms with Gasteiger partial charge in [0.25, 0.3) is 0 Å². The summed E-state index contributed by atoms with van der Waals surface area (Å²) in [5.41, 5.74) is -1.51. The van der Waals surface area contributed by atoms with E-state index in [1.165, 1.54) is 16.7 Å². The smallest absolute Gasteiger partial charge is 0.410 e. The van der Waals surface area contributed by atoms with Crippen LogP contribution in [0.15, 0.2) is 23.1 Å².